The van der Waals surface area contributed by atoms with E-state index in [1.54, 1.807) is 18.5 Å². The third kappa shape index (κ3) is 4.30. The van der Waals surface area contributed by atoms with Gasteiger partial charge in [-0.3, -0.25) is 4.79 Å². The molecule has 0 saturated heterocycles. The van der Waals surface area contributed by atoms with Gasteiger partial charge in [-0.1, -0.05) is 36.4 Å². The van der Waals surface area contributed by atoms with E-state index >= 15 is 0 Å². The lowest BCUT2D eigenvalue weighted by Gasteiger charge is -2.13. The van der Waals surface area contributed by atoms with E-state index in [4.69, 9.17) is 0 Å². The topological polar surface area (TPSA) is 46.9 Å². The van der Waals surface area contributed by atoms with Crippen LogP contribution in [0.5, 0.6) is 0 Å². The van der Waals surface area contributed by atoms with Crippen molar-refractivity contribution in [2.24, 2.45) is 7.05 Å². The molecule has 4 rings (SSSR count). The van der Waals surface area contributed by atoms with Crippen LogP contribution in [-0.2, 0) is 13.2 Å². The van der Waals surface area contributed by atoms with E-state index in [1.807, 2.05) is 49.0 Å². The van der Waals surface area contributed by atoms with Gasteiger partial charge in [-0.25, -0.2) is 4.98 Å². The lowest BCUT2D eigenvalue weighted by molar-refractivity contribution is -0.137. The SMILES string of the molecule is C[C@@H](NC(=O)c1ccc2c(-c3ccc(C(F)(F)F)cc3)cccc2c1)c1cn(C)cn1. The van der Waals surface area contributed by atoms with Gasteiger partial charge < -0.3 is 9.88 Å². The Kier molecular flexibility index (Phi) is 5.27. The van der Waals surface area contributed by atoms with E-state index in [0.29, 0.717) is 11.1 Å². The van der Waals surface area contributed by atoms with Gasteiger partial charge in [0.1, 0.15) is 0 Å². The molecule has 3 aromatic carbocycles. The molecule has 7 heteroatoms. The Balaban J connectivity index is 1.61. The van der Waals surface area contributed by atoms with Crippen LogP contribution in [0.1, 0.15) is 34.6 Å². The largest absolute Gasteiger partial charge is 0.416 e. The van der Waals surface area contributed by atoms with Gasteiger partial charge in [0.05, 0.1) is 23.6 Å². The number of nitrogens with one attached hydrogen (secondary N) is 1. The van der Waals surface area contributed by atoms with Gasteiger partial charge in [0, 0.05) is 18.8 Å². The number of imidazole rings is 1. The van der Waals surface area contributed by atoms with Crippen molar-refractivity contribution in [1.82, 2.24) is 14.9 Å². The number of alkyl halides is 3. The van der Waals surface area contributed by atoms with Gasteiger partial charge >= 0.3 is 6.18 Å². The summed E-state index contributed by atoms with van der Waals surface area (Å²) < 4.78 is 40.4. The fraction of sp³-hybridized carbons (Fsp3) is 0.167. The summed E-state index contributed by atoms with van der Waals surface area (Å²) in [6, 6.07) is 15.7. The van der Waals surface area contributed by atoms with E-state index in [0.717, 1.165) is 34.2 Å². The number of hydrogen-bond donors (Lipinski definition) is 1. The van der Waals surface area contributed by atoms with Gasteiger partial charge in [-0.05, 0) is 53.1 Å². The Morgan fingerprint density at radius 3 is 2.45 bits per heavy atom. The number of rotatable bonds is 4. The zero-order valence-electron chi connectivity index (χ0n) is 16.9. The molecule has 0 radical (unpaired) electrons. The Bertz CT molecular complexity index is 1240. The Morgan fingerprint density at radius 2 is 1.81 bits per heavy atom. The number of aromatic nitrogens is 2. The Morgan fingerprint density at radius 1 is 1.06 bits per heavy atom. The van der Waals surface area contributed by atoms with Crippen LogP contribution in [0.25, 0.3) is 21.9 Å². The monoisotopic (exact) mass is 423 g/mol. The predicted molar refractivity (Wildman–Crippen MR) is 113 cm³/mol. The van der Waals surface area contributed by atoms with Gasteiger partial charge in [-0.2, -0.15) is 13.2 Å². The number of nitrogens with zero attached hydrogens (tertiary/aromatic N) is 2. The number of carbonyl (C=O) groups is 1. The van der Waals surface area contributed by atoms with Crippen molar-refractivity contribution in [2.45, 2.75) is 19.1 Å². The first-order valence-electron chi connectivity index (χ1n) is 9.71. The maximum absolute atomic E-state index is 12.9. The summed E-state index contributed by atoms with van der Waals surface area (Å²) in [4.78, 5) is 17.0. The van der Waals surface area contributed by atoms with Gasteiger partial charge in [0.25, 0.3) is 5.91 Å². The molecule has 0 aliphatic heterocycles. The number of fused-ring (bicyclic) bond motifs is 1. The maximum Gasteiger partial charge on any atom is 0.416 e. The van der Waals surface area contributed by atoms with E-state index in [2.05, 4.69) is 10.3 Å². The number of benzene rings is 3. The molecule has 1 N–H and O–H groups in total. The molecular formula is C24H20F3N3O. The summed E-state index contributed by atoms with van der Waals surface area (Å²) in [5.41, 5.74) is 2.07. The van der Waals surface area contributed by atoms with Crippen LogP contribution < -0.4 is 5.32 Å². The Hall–Kier alpha value is -3.61. The first-order valence-corrected chi connectivity index (χ1v) is 9.71. The highest BCUT2D eigenvalue weighted by Crippen LogP contribution is 2.33. The van der Waals surface area contributed by atoms with E-state index in [1.165, 1.54) is 12.1 Å². The molecule has 0 fully saturated rings. The molecule has 1 aromatic heterocycles. The number of aryl methyl sites for hydroxylation is 1. The van der Waals surface area contributed by atoms with E-state index < -0.39 is 11.7 Å². The van der Waals surface area contributed by atoms with Crippen LogP contribution in [0.4, 0.5) is 13.2 Å². The molecule has 0 spiro atoms. The molecule has 0 saturated carbocycles. The van der Waals surface area contributed by atoms with Crippen molar-refractivity contribution in [1.29, 1.82) is 0 Å². The number of amides is 1. The van der Waals surface area contributed by atoms with E-state index in [-0.39, 0.29) is 11.9 Å². The molecule has 0 aliphatic carbocycles. The summed E-state index contributed by atoms with van der Waals surface area (Å²) in [6.45, 7) is 1.87. The van der Waals surface area contributed by atoms with Crippen molar-refractivity contribution < 1.29 is 18.0 Å². The summed E-state index contributed by atoms with van der Waals surface area (Å²) >= 11 is 0. The first kappa shape index (κ1) is 20.7. The normalized spacial score (nSPS) is 12.7. The van der Waals surface area contributed by atoms with Crippen LogP contribution in [0.3, 0.4) is 0 Å². The fourth-order valence-corrected chi connectivity index (χ4v) is 3.53. The van der Waals surface area contributed by atoms with Crippen molar-refractivity contribution in [2.75, 3.05) is 0 Å². The van der Waals surface area contributed by atoms with Gasteiger partial charge in [0.15, 0.2) is 0 Å². The zero-order valence-corrected chi connectivity index (χ0v) is 16.9. The summed E-state index contributed by atoms with van der Waals surface area (Å²) in [7, 11) is 1.86. The minimum Gasteiger partial charge on any atom is -0.344 e. The highest BCUT2D eigenvalue weighted by Gasteiger charge is 2.30. The fourth-order valence-electron chi connectivity index (χ4n) is 3.53. The lowest BCUT2D eigenvalue weighted by atomic mass is 9.96. The molecule has 1 amide bonds. The average molecular weight is 423 g/mol. The Labute approximate surface area is 177 Å². The molecule has 4 nitrogen and oxygen atoms in total. The molecule has 0 bridgehead atoms. The van der Waals surface area contributed by atoms with Crippen molar-refractivity contribution in [3.05, 3.63) is 90.0 Å². The summed E-state index contributed by atoms with van der Waals surface area (Å²) in [5, 5.41) is 4.62. The molecule has 158 valence electrons. The van der Waals surface area contributed by atoms with Crippen molar-refractivity contribution >= 4 is 16.7 Å². The van der Waals surface area contributed by atoms with Gasteiger partial charge in [-0.15, -0.1) is 0 Å². The minimum absolute atomic E-state index is 0.222. The molecule has 0 aliphatic rings. The maximum atomic E-state index is 12.9. The number of halogens is 3. The summed E-state index contributed by atoms with van der Waals surface area (Å²) in [5.74, 6) is -0.222. The highest BCUT2D eigenvalue weighted by atomic mass is 19.4. The second-order valence-corrected chi connectivity index (χ2v) is 7.48. The second kappa shape index (κ2) is 7.91. The van der Waals surface area contributed by atoms with Crippen molar-refractivity contribution in [3.8, 4) is 11.1 Å². The van der Waals surface area contributed by atoms with Crippen LogP contribution in [0.15, 0.2) is 73.2 Å². The second-order valence-electron chi connectivity index (χ2n) is 7.48. The van der Waals surface area contributed by atoms with Crippen LogP contribution in [0, 0.1) is 0 Å². The van der Waals surface area contributed by atoms with Crippen LogP contribution in [0.2, 0.25) is 0 Å². The molecule has 31 heavy (non-hydrogen) atoms. The predicted octanol–water partition coefficient (Wildman–Crippen LogP) is 5.75. The number of hydrogen-bond acceptors (Lipinski definition) is 2. The molecule has 4 aromatic rings. The quantitative estimate of drug-likeness (QED) is 0.454. The minimum atomic E-state index is -4.37. The molecule has 0 unspecified atom stereocenters. The van der Waals surface area contributed by atoms with E-state index in [9.17, 15) is 18.0 Å². The lowest BCUT2D eigenvalue weighted by Crippen LogP contribution is -2.26. The third-order valence-electron chi connectivity index (χ3n) is 5.18. The molecular weight excluding hydrogens is 403 g/mol. The standard InChI is InChI=1S/C24H20F3N3O/c1-15(22-13-30(2)14-28-22)29-23(31)18-8-11-21-17(12-18)4-3-5-20(21)16-6-9-19(10-7-16)24(25,26)27/h3-15H,1-2H3,(H,29,31)/t15-/m1/s1. The third-order valence-corrected chi connectivity index (χ3v) is 5.18. The zero-order chi connectivity index (χ0) is 22.2. The van der Waals surface area contributed by atoms with Crippen LogP contribution >= 0.6 is 0 Å². The van der Waals surface area contributed by atoms with Crippen LogP contribution in [-0.4, -0.2) is 15.5 Å². The molecule has 1 atom stereocenters. The van der Waals surface area contributed by atoms with Crippen molar-refractivity contribution in [3.63, 3.8) is 0 Å². The smallest absolute Gasteiger partial charge is 0.344 e. The highest BCUT2D eigenvalue weighted by molar-refractivity contribution is 6.02. The first-order chi connectivity index (χ1) is 14.7. The average Bonchev–Trinajstić information content (AvgIpc) is 3.19. The van der Waals surface area contributed by atoms with Gasteiger partial charge in [0.2, 0.25) is 0 Å². The summed E-state index contributed by atoms with van der Waals surface area (Å²) in [6.07, 6.45) is -0.843. The number of carbonyl (C=O) groups excluding carboxylic acids is 1. The molecule has 1 heterocycles.